The topological polar surface area (TPSA) is 52.7 Å². The number of hydrogen-bond acceptors (Lipinski definition) is 2. The van der Waals surface area contributed by atoms with Gasteiger partial charge in [0.2, 0.25) is 5.91 Å². The molecule has 2 rings (SSSR count). The smallest absolute Gasteiger partial charge is 0.341 e. The standard InChI is InChI=1S/C17H22F3N3O2/c1-12(11-13-3-5-14(6-4-13)17(18,19)20)15(24)22-7-9-23(10-8-22)16(25)21-2/h3-6,12H,7-11H2,1-2H3,(H,21,25)/t12-/m0/s1. The molecule has 0 aliphatic carbocycles. The summed E-state index contributed by atoms with van der Waals surface area (Å²) in [5.74, 6) is -0.375. The lowest BCUT2D eigenvalue weighted by Gasteiger charge is -2.35. The molecule has 1 aromatic carbocycles. The third kappa shape index (κ3) is 4.87. The largest absolute Gasteiger partial charge is 0.416 e. The second-order valence-electron chi connectivity index (χ2n) is 6.17. The number of carbonyl (C=O) groups excluding carboxylic acids is 2. The van der Waals surface area contributed by atoms with E-state index in [9.17, 15) is 22.8 Å². The number of rotatable bonds is 3. The van der Waals surface area contributed by atoms with Crippen LogP contribution in [0.15, 0.2) is 24.3 Å². The lowest BCUT2D eigenvalue weighted by Crippen LogP contribution is -2.53. The molecule has 0 unspecified atom stereocenters. The average molecular weight is 357 g/mol. The predicted octanol–water partition coefficient (Wildman–Crippen LogP) is 2.37. The first-order valence-electron chi connectivity index (χ1n) is 8.14. The second-order valence-corrected chi connectivity index (χ2v) is 6.17. The van der Waals surface area contributed by atoms with E-state index in [0.717, 1.165) is 12.1 Å². The molecule has 5 nitrogen and oxygen atoms in total. The highest BCUT2D eigenvalue weighted by Crippen LogP contribution is 2.29. The molecule has 1 N–H and O–H groups in total. The Kier molecular flexibility index (Phi) is 5.92. The Morgan fingerprint density at radius 2 is 1.60 bits per heavy atom. The third-order valence-electron chi connectivity index (χ3n) is 4.34. The molecule has 1 atom stereocenters. The first kappa shape index (κ1) is 19.1. The van der Waals surface area contributed by atoms with E-state index in [1.165, 1.54) is 12.1 Å². The summed E-state index contributed by atoms with van der Waals surface area (Å²) in [7, 11) is 1.56. The van der Waals surface area contributed by atoms with Gasteiger partial charge < -0.3 is 15.1 Å². The maximum atomic E-state index is 12.6. The van der Waals surface area contributed by atoms with Gasteiger partial charge in [0, 0.05) is 39.1 Å². The lowest BCUT2D eigenvalue weighted by molar-refractivity contribution is -0.138. The summed E-state index contributed by atoms with van der Waals surface area (Å²) in [5, 5.41) is 2.55. The van der Waals surface area contributed by atoms with Crippen LogP contribution in [0.3, 0.4) is 0 Å². The lowest BCUT2D eigenvalue weighted by atomic mass is 9.98. The van der Waals surface area contributed by atoms with Gasteiger partial charge in [-0.05, 0) is 24.1 Å². The van der Waals surface area contributed by atoms with E-state index in [1.54, 1.807) is 23.8 Å². The van der Waals surface area contributed by atoms with Crippen molar-refractivity contribution in [2.75, 3.05) is 33.2 Å². The van der Waals surface area contributed by atoms with Gasteiger partial charge >= 0.3 is 12.2 Å². The molecule has 1 aromatic rings. The number of nitrogens with zero attached hydrogens (tertiary/aromatic N) is 2. The first-order chi connectivity index (χ1) is 11.7. The number of urea groups is 1. The molecule has 1 aliphatic heterocycles. The minimum Gasteiger partial charge on any atom is -0.341 e. The number of hydrogen-bond donors (Lipinski definition) is 1. The van der Waals surface area contributed by atoms with Crippen LogP contribution in [0.2, 0.25) is 0 Å². The summed E-state index contributed by atoms with van der Waals surface area (Å²) in [5.41, 5.74) is -0.00148. The van der Waals surface area contributed by atoms with E-state index in [0.29, 0.717) is 38.2 Å². The molecular weight excluding hydrogens is 335 g/mol. The van der Waals surface area contributed by atoms with Crippen molar-refractivity contribution in [3.05, 3.63) is 35.4 Å². The van der Waals surface area contributed by atoms with Crippen molar-refractivity contribution in [1.82, 2.24) is 15.1 Å². The van der Waals surface area contributed by atoms with E-state index < -0.39 is 11.7 Å². The molecule has 1 aliphatic rings. The maximum absolute atomic E-state index is 12.6. The summed E-state index contributed by atoms with van der Waals surface area (Å²) in [4.78, 5) is 27.4. The summed E-state index contributed by atoms with van der Waals surface area (Å²) < 4.78 is 37.7. The van der Waals surface area contributed by atoms with Gasteiger partial charge in [0.1, 0.15) is 0 Å². The fourth-order valence-electron chi connectivity index (χ4n) is 2.87. The van der Waals surface area contributed by atoms with E-state index in [4.69, 9.17) is 0 Å². The maximum Gasteiger partial charge on any atom is 0.416 e. The van der Waals surface area contributed by atoms with Crippen molar-refractivity contribution >= 4 is 11.9 Å². The number of carbonyl (C=O) groups is 2. The molecule has 0 bridgehead atoms. The van der Waals surface area contributed by atoms with Crippen molar-refractivity contribution in [3.8, 4) is 0 Å². The quantitative estimate of drug-likeness (QED) is 0.903. The zero-order valence-electron chi connectivity index (χ0n) is 14.3. The van der Waals surface area contributed by atoms with Gasteiger partial charge in [0.05, 0.1) is 5.56 Å². The highest BCUT2D eigenvalue weighted by molar-refractivity contribution is 5.79. The number of amides is 3. The predicted molar refractivity (Wildman–Crippen MR) is 86.9 cm³/mol. The Bertz CT molecular complexity index is 609. The number of halogens is 3. The number of alkyl halides is 3. The fourth-order valence-corrected chi connectivity index (χ4v) is 2.87. The Labute approximate surface area is 144 Å². The van der Waals surface area contributed by atoms with Gasteiger partial charge in [0.25, 0.3) is 0 Å². The summed E-state index contributed by atoms with van der Waals surface area (Å²) in [6, 6.07) is 4.74. The molecule has 0 radical (unpaired) electrons. The molecule has 3 amide bonds. The van der Waals surface area contributed by atoms with Crippen molar-refractivity contribution < 1.29 is 22.8 Å². The molecule has 1 heterocycles. The van der Waals surface area contributed by atoms with Crippen molar-refractivity contribution in [3.63, 3.8) is 0 Å². The highest BCUT2D eigenvalue weighted by Gasteiger charge is 2.30. The zero-order chi connectivity index (χ0) is 18.6. The van der Waals surface area contributed by atoms with Crippen molar-refractivity contribution in [2.45, 2.75) is 19.5 Å². The van der Waals surface area contributed by atoms with Crippen LogP contribution in [0.4, 0.5) is 18.0 Å². The summed E-state index contributed by atoms with van der Waals surface area (Å²) in [6.07, 6.45) is -3.98. The minimum absolute atomic E-state index is 0.0449. The molecule has 25 heavy (non-hydrogen) atoms. The molecule has 138 valence electrons. The van der Waals surface area contributed by atoms with Crippen LogP contribution in [0, 0.1) is 5.92 Å². The molecule has 1 saturated heterocycles. The van der Waals surface area contributed by atoms with E-state index in [2.05, 4.69) is 5.32 Å². The van der Waals surface area contributed by atoms with E-state index in [1.807, 2.05) is 0 Å². The molecular formula is C17H22F3N3O2. The normalized spacial score (nSPS) is 16.5. The number of benzene rings is 1. The van der Waals surface area contributed by atoms with Crippen molar-refractivity contribution in [2.24, 2.45) is 5.92 Å². The number of nitrogens with one attached hydrogen (secondary N) is 1. The minimum atomic E-state index is -4.36. The van der Waals surface area contributed by atoms with Crippen LogP contribution in [-0.4, -0.2) is 55.0 Å². The van der Waals surface area contributed by atoms with Gasteiger partial charge in [-0.1, -0.05) is 19.1 Å². The highest BCUT2D eigenvalue weighted by atomic mass is 19.4. The van der Waals surface area contributed by atoms with Crippen LogP contribution < -0.4 is 5.32 Å². The second kappa shape index (κ2) is 7.76. The third-order valence-corrected chi connectivity index (χ3v) is 4.34. The van der Waals surface area contributed by atoms with Crippen LogP contribution in [0.5, 0.6) is 0 Å². The molecule has 8 heteroatoms. The van der Waals surface area contributed by atoms with Crippen LogP contribution >= 0.6 is 0 Å². The number of piperazine rings is 1. The van der Waals surface area contributed by atoms with Crippen LogP contribution in [0.1, 0.15) is 18.1 Å². The van der Waals surface area contributed by atoms with Crippen LogP contribution in [-0.2, 0) is 17.4 Å². The molecule has 0 spiro atoms. The SMILES string of the molecule is CNC(=O)N1CCN(C(=O)[C@@H](C)Cc2ccc(C(F)(F)F)cc2)CC1. The zero-order valence-corrected chi connectivity index (χ0v) is 14.3. The Morgan fingerprint density at radius 1 is 1.08 bits per heavy atom. The van der Waals surface area contributed by atoms with Crippen LogP contribution in [0.25, 0.3) is 0 Å². The Hall–Kier alpha value is -2.25. The van der Waals surface area contributed by atoms with E-state index >= 15 is 0 Å². The van der Waals surface area contributed by atoms with Gasteiger partial charge in [-0.15, -0.1) is 0 Å². The van der Waals surface area contributed by atoms with E-state index in [-0.39, 0.29) is 17.9 Å². The van der Waals surface area contributed by atoms with Gasteiger partial charge in [-0.25, -0.2) is 4.79 Å². The Balaban J connectivity index is 1.89. The first-order valence-corrected chi connectivity index (χ1v) is 8.14. The average Bonchev–Trinajstić information content (AvgIpc) is 2.60. The summed E-state index contributed by atoms with van der Waals surface area (Å²) >= 11 is 0. The fraction of sp³-hybridized carbons (Fsp3) is 0.529. The monoisotopic (exact) mass is 357 g/mol. The van der Waals surface area contributed by atoms with Gasteiger partial charge in [0.15, 0.2) is 0 Å². The van der Waals surface area contributed by atoms with Crippen molar-refractivity contribution in [1.29, 1.82) is 0 Å². The molecule has 1 fully saturated rings. The molecule has 0 saturated carbocycles. The van der Waals surface area contributed by atoms with Gasteiger partial charge in [-0.2, -0.15) is 13.2 Å². The molecule has 0 aromatic heterocycles. The Morgan fingerprint density at radius 3 is 2.08 bits per heavy atom. The van der Waals surface area contributed by atoms with Gasteiger partial charge in [-0.3, -0.25) is 4.79 Å². The summed E-state index contributed by atoms with van der Waals surface area (Å²) in [6.45, 7) is 3.63.